The molecular weight excluding hydrogens is 348 g/mol. The van der Waals surface area contributed by atoms with E-state index in [-0.39, 0.29) is 11.7 Å². The van der Waals surface area contributed by atoms with Gasteiger partial charge in [0, 0.05) is 18.1 Å². The molecule has 0 spiro atoms. The molecular formula is C21H19F2N3O. The molecule has 1 aliphatic carbocycles. The molecule has 1 fully saturated rings. The number of nitrogens with one attached hydrogen (secondary N) is 1. The summed E-state index contributed by atoms with van der Waals surface area (Å²) >= 11 is 0. The van der Waals surface area contributed by atoms with E-state index in [4.69, 9.17) is 0 Å². The molecule has 0 radical (unpaired) electrons. The molecule has 1 heterocycles. The molecule has 6 heteroatoms. The first-order chi connectivity index (χ1) is 13.1. The van der Waals surface area contributed by atoms with E-state index in [2.05, 4.69) is 10.4 Å². The third kappa shape index (κ3) is 3.23. The minimum absolute atomic E-state index is 0.183. The fourth-order valence-electron chi connectivity index (χ4n) is 3.83. The van der Waals surface area contributed by atoms with Crippen LogP contribution in [0.2, 0.25) is 0 Å². The lowest BCUT2D eigenvalue weighted by Crippen LogP contribution is -2.38. The Morgan fingerprint density at radius 3 is 2.44 bits per heavy atom. The number of nitrogens with zero attached hydrogens (tertiary/aromatic N) is 2. The van der Waals surface area contributed by atoms with Crippen LogP contribution in [0.1, 0.15) is 31.2 Å². The number of amides is 1. The Kier molecular flexibility index (Phi) is 4.48. The van der Waals surface area contributed by atoms with Gasteiger partial charge in [-0.1, -0.05) is 25.0 Å². The van der Waals surface area contributed by atoms with Crippen molar-refractivity contribution in [2.45, 2.75) is 31.1 Å². The molecule has 0 unspecified atom stereocenters. The maximum Gasteiger partial charge on any atom is 0.235 e. The van der Waals surface area contributed by atoms with Crippen LogP contribution in [0, 0.1) is 11.6 Å². The number of benzene rings is 2. The van der Waals surface area contributed by atoms with E-state index in [1.165, 1.54) is 22.9 Å². The first kappa shape index (κ1) is 17.4. The van der Waals surface area contributed by atoms with Gasteiger partial charge in [0.25, 0.3) is 0 Å². The summed E-state index contributed by atoms with van der Waals surface area (Å²) in [6.45, 7) is 0. The minimum Gasteiger partial charge on any atom is -0.325 e. The Morgan fingerprint density at radius 1 is 1.07 bits per heavy atom. The number of halogens is 2. The summed E-state index contributed by atoms with van der Waals surface area (Å²) in [6.07, 6.45) is 6.46. The minimum atomic E-state index is -0.704. The lowest BCUT2D eigenvalue weighted by molar-refractivity contribution is -0.121. The van der Waals surface area contributed by atoms with Gasteiger partial charge in [-0.25, -0.2) is 13.5 Å². The van der Waals surface area contributed by atoms with Crippen LogP contribution in [0.5, 0.6) is 0 Å². The van der Waals surface area contributed by atoms with Gasteiger partial charge in [0.2, 0.25) is 5.91 Å². The summed E-state index contributed by atoms with van der Waals surface area (Å²) in [5.41, 5.74) is 0.798. The van der Waals surface area contributed by atoms with Gasteiger partial charge in [0.1, 0.15) is 11.5 Å². The van der Waals surface area contributed by atoms with E-state index in [0.29, 0.717) is 24.2 Å². The van der Waals surface area contributed by atoms with Gasteiger partial charge in [-0.2, -0.15) is 5.10 Å². The number of rotatable bonds is 4. The van der Waals surface area contributed by atoms with Crippen molar-refractivity contribution < 1.29 is 13.6 Å². The van der Waals surface area contributed by atoms with E-state index < -0.39 is 11.2 Å². The van der Waals surface area contributed by atoms with Gasteiger partial charge in [-0.15, -0.1) is 0 Å². The summed E-state index contributed by atoms with van der Waals surface area (Å²) < 4.78 is 29.2. The predicted octanol–water partition coefficient (Wildman–Crippen LogP) is 4.60. The summed E-state index contributed by atoms with van der Waals surface area (Å²) in [5.74, 6) is -0.986. The Balaban J connectivity index is 1.60. The maximum atomic E-state index is 14.5. The van der Waals surface area contributed by atoms with Gasteiger partial charge in [0.05, 0.1) is 5.41 Å². The van der Waals surface area contributed by atoms with Gasteiger partial charge < -0.3 is 5.32 Å². The van der Waals surface area contributed by atoms with Crippen LogP contribution in [0.3, 0.4) is 0 Å². The topological polar surface area (TPSA) is 46.9 Å². The molecule has 2 aromatic carbocycles. The second-order valence-electron chi connectivity index (χ2n) is 6.87. The summed E-state index contributed by atoms with van der Waals surface area (Å²) in [5, 5.41) is 6.87. The van der Waals surface area contributed by atoms with Gasteiger partial charge in [-0.05, 0) is 54.8 Å². The van der Waals surface area contributed by atoms with E-state index in [9.17, 15) is 13.6 Å². The number of anilines is 1. The largest absolute Gasteiger partial charge is 0.325 e. The molecule has 27 heavy (non-hydrogen) atoms. The van der Waals surface area contributed by atoms with Crippen LogP contribution < -0.4 is 5.32 Å². The van der Waals surface area contributed by atoms with Crippen LogP contribution in [0.25, 0.3) is 5.69 Å². The van der Waals surface area contributed by atoms with E-state index >= 15 is 0 Å². The molecule has 0 saturated heterocycles. The highest BCUT2D eigenvalue weighted by Gasteiger charge is 2.42. The standard InChI is InChI=1S/C21H19F2N3O/c22-16-6-4-15(5-7-16)21(10-1-2-11-21)20(27)25-17-8-9-19(18(23)14-17)26-13-3-12-24-26/h3-9,12-14H,1-2,10-11H2,(H,25,27). The van der Waals surface area contributed by atoms with Crippen molar-refractivity contribution in [3.63, 3.8) is 0 Å². The van der Waals surface area contributed by atoms with Crippen molar-refractivity contribution in [1.82, 2.24) is 9.78 Å². The van der Waals surface area contributed by atoms with Crippen molar-refractivity contribution in [3.8, 4) is 5.69 Å². The Hall–Kier alpha value is -3.02. The van der Waals surface area contributed by atoms with Crippen LogP contribution in [0.15, 0.2) is 60.9 Å². The maximum absolute atomic E-state index is 14.5. The molecule has 0 aliphatic heterocycles. The van der Waals surface area contributed by atoms with Crippen molar-refractivity contribution in [2.24, 2.45) is 0 Å². The number of carbonyl (C=O) groups is 1. The molecule has 0 bridgehead atoms. The lowest BCUT2D eigenvalue weighted by Gasteiger charge is -2.28. The first-order valence-electron chi connectivity index (χ1n) is 8.96. The average Bonchev–Trinajstić information content (AvgIpc) is 3.35. The summed E-state index contributed by atoms with van der Waals surface area (Å²) in [6, 6.07) is 12.3. The van der Waals surface area contributed by atoms with Crippen LogP contribution in [0.4, 0.5) is 14.5 Å². The van der Waals surface area contributed by atoms with Crippen LogP contribution in [-0.4, -0.2) is 15.7 Å². The van der Waals surface area contributed by atoms with Crippen molar-refractivity contribution in [2.75, 3.05) is 5.32 Å². The summed E-state index contributed by atoms with van der Waals surface area (Å²) in [4.78, 5) is 13.1. The monoisotopic (exact) mass is 367 g/mol. The summed E-state index contributed by atoms with van der Waals surface area (Å²) in [7, 11) is 0. The fourth-order valence-corrected chi connectivity index (χ4v) is 3.83. The molecule has 1 amide bonds. The molecule has 1 saturated carbocycles. The molecule has 3 aromatic rings. The molecule has 1 N–H and O–H groups in total. The Labute approximate surface area is 155 Å². The van der Waals surface area contributed by atoms with Crippen LogP contribution >= 0.6 is 0 Å². The normalized spacial score (nSPS) is 15.6. The number of hydrogen-bond donors (Lipinski definition) is 1. The van der Waals surface area contributed by atoms with Gasteiger partial charge in [-0.3, -0.25) is 4.79 Å². The molecule has 0 atom stereocenters. The SMILES string of the molecule is O=C(Nc1ccc(-n2cccn2)c(F)c1)C1(c2ccc(F)cc2)CCCC1. The number of aromatic nitrogens is 2. The van der Waals surface area contributed by atoms with Crippen molar-refractivity contribution in [1.29, 1.82) is 0 Å². The number of hydrogen-bond acceptors (Lipinski definition) is 2. The highest BCUT2D eigenvalue weighted by molar-refractivity contribution is 5.99. The quantitative estimate of drug-likeness (QED) is 0.732. The lowest BCUT2D eigenvalue weighted by atomic mass is 9.78. The molecule has 1 aromatic heterocycles. The van der Waals surface area contributed by atoms with Crippen molar-refractivity contribution >= 4 is 11.6 Å². The zero-order chi connectivity index (χ0) is 18.9. The molecule has 4 nitrogen and oxygen atoms in total. The third-order valence-corrected chi connectivity index (χ3v) is 5.25. The smallest absolute Gasteiger partial charge is 0.235 e. The highest BCUT2D eigenvalue weighted by Crippen LogP contribution is 2.42. The fraction of sp³-hybridized carbons (Fsp3) is 0.238. The Morgan fingerprint density at radius 2 is 1.81 bits per heavy atom. The van der Waals surface area contributed by atoms with Gasteiger partial charge >= 0.3 is 0 Å². The molecule has 138 valence electrons. The molecule has 4 rings (SSSR count). The molecule has 1 aliphatic rings. The Bertz CT molecular complexity index is 946. The second kappa shape index (κ2) is 6.95. The zero-order valence-corrected chi connectivity index (χ0v) is 14.7. The van der Waals surface area contributed by atoms with Crippen molar-refractivity contribution in [3.05, 3.63) is 78.1 Å². The van der Waals surface area contributed by atoms with Gasteiger partial charge in [0.15, 0.2) is 5.82 Å². The highest BCUT2D eigenvalue weighted by atomic mass is 19.1. The number of carbonyl (C=O) groups excluding carboxylic acids is 1. The zero-order valence-electron chi connectivity index (χ0n) is 14.7. The van der Waals surface area contributed by atoms with E-state index in [1.807, 2.05) is 0 Å². The van der Waals surface area contributed by atoms with Crippen LogP contribution in [-0.2, 0) is 10.2 Å². The average molecular weight is 367 g/mol. The first-order valence-corrected chi connectivity index (χ1v) is 8.96. The predicted molar refractivity (Wildman–Crippen MR) is 98.7 cm³/mol. The third-order valence-electron chi connectivity index (χ3n) is 5.25. The van der Waals surface area contributed by atoms with E-state index in [1.54, 1.807) is 42.7 Å². The second-order valence-corrected chi connectivity index (χ2v) is 6.87. The van der Waals surface area contributed by atoms with E-state index in [0.717, 1.165) is 18.4 Å².